The summed E-state index contributed by atoms with van der Waals surface area (Å²) in [6, 6.07) is 11.8. The lowest BCUT2D eigenvalue weighted by molar-refractivity contribution is -0.130. The van der Waals surface area contributed by atoms with Crippen LogP contribution in [0.4, 0.5) is 17.3 Å². The minimum atomic E-state index is -0.288. The topological polar surface area (TPSA) is 101 Å². The molecule has 7 nitrogen and oxygen atoms in total. The van der Waals surface area contributed by atoms with E-state index in [0.717, 1.165) is 13.1 Å². The summed E-state index contributed by atoms with van der Waals surface area (Å²) >= 11 is 1.28. The van der Waals surface area contributed by atoms with Crippen LogP contribution in [0.1, 0.15) is 6.92 Å². The number of aromatic nitrogens is 2. The summed E-state index contributed by atoms with van der Waals surface area (Å²) in [6.45, 7) is 4.93. The molecule has 0 bridgehead atoms. The maximum absolute atomic E-state index is 12.7. The number of benzene rings is 1. The molecule has 132 valence electrons. The van der Waals surface area contributed by atoms with Crippen molar-refractivity contribution in [3.05, 3.63) is 36.4 Å². The molecule has 25 heavy (non-hydrogen) atoms. The Labute approximate surface area is 151 Å². The Balaban J connectivity index is 1.56. The summed E-state index contributed by atoms with van der Waals surface area (Å²) in [7, 11) is 0. The van der Waals surface area contributed by atoms with Crippen LogP contribution >= 0.6 is 11.8 Å². The molecule has 1 aromatic heterocycles. The molecule has 1 amide bonds. The van der Waals surface area contributed by atoms with E-state index < -0.39 is 0 Å². The molecule has 1 atom stereocenters. The molecule has 1 aromatic carbocycles. The minimum Gasteiger partial charge on any atom is -0.383 e. The van der Waals surface area contributed by atoms with Crippen molar-refractivity contribution in [1.29, 1.82) is 0 Å². The van der Waals surface area contributed by atoms with E-state index in [1.54, 1.807) is 0 Å². The SMILES string of the molecule is CC(Sc1nc(N)cc(N)n1)C(=O)N1CCN(c2ccccc2)CC1. The summed E-state index contributed by atoms with van der Waals surface area (Å²) in [5.74, 6) is 0.708. The maximum atomic E-state index is 12.7. The Bertz CT molecular complexity index is 713. The van der Waals surface area contributed by atoms with E-state index in [9.17, 15) is 4.79 Å². The maximum Gasteiger partial charge on any atom is 0.236 e. The normalized spacial score (nSPS) is 15.9. The van der Waals surface area contributed by atoms with Crippen LogP contribution < -0.4 is 16.4 Å². The number of rotatable bonds is 4. The Morgan fingerprint density at radius 2 is 1.68 bits per heavy atom. The summed E-state index contributed by atoms with van der Waals surface area (Å²) in [4.78, 5) is 25.1. The highest BCUT2D eigenvalue weighted by atomic mass is 32.2. The highest BCUT2D eigenvalue weighted by Gasteiger charge is 2.26. The zero-order chi connectivity index (χ0) is 17.8. The van der Waals surface area contributed by atoms with Crippen molar-refractivity contribution in [2.75, 3.05) is 42.5 Å². The number of anilines is 3. The van der Waals surface area contributed by atoms with Crippen molar-refractivity contribution in [1.82, 2.24) is 14.9 Å². The van der Waals surface area contributed by atoms with E-state index in [0.29, 0.717) is 29.9 Å². The molecule has 1 aliphatic rings. The predicted octanol–water partition coefficient (Wildman–Crippen LogP) is 1.47. The highest BCUT2D eigenvalue weighted by Crippen LogP contribution is 2.24. The van der Waals surface area contributed by atoms with Crippen LogP contribution in [0, 0.1) is 0 Å². The van der Waals surface area contributed by atoms with Crippen LogP contribution in [0.2, 0.25) is 0 Å². The number of nitrogens with zero attached hydrogens (tertiary/aromatic N) is 4. The molecule has 0 spiro atoms. The number of nitrogens with two attached hydrogens (primary N) is 2. The molecule has 2 heterocycles. The van der Waals surface area contributed by atoms with Gasteiger partial charge in [0, 0.05) is 37.9 Å². The number of hydrogen-bond donors (Lipinski definition) is 2. The fourth-order valence-corrected chi connectivity index (χ4v) is 3.69. The van der Waals surface area contributed by atoms with Gasteiger partial charge in [-0.05, 0) is 19.1 Å². The second kappa shape index (κ2) is 7.60. The summed E-state index contributed by atoms with van der Waals surface area (Å²) in [5.41, 5.74) is 12.6. The average molecular weight is 358 g/mol. The van der Waals surface area contributed by atoms with Crippen LogP contribution in [0.15, 0.2) is 41.6 Å². The number of carbonyl (C=O) groups excluding carboxylic acids is 1. The standard InChI is InChI=1S/C17H22N6OS/c1-12(25-17-20-14(18)11-15(19)21-17)16(24)23-9-7-22(8-10-23)13-5-3-2-4-6-13/h2-6,11-12H,7-10H2,1H3,(H4,18,19,20,21). The van der Waals surface area contributed by atoms with Gasteiger partial charge in [0.2, 0.25) is 5.91 Å². The first-order valence-electron chi connectivity index (χ1n) is 8.18. The number of amides is 1. The number of hydrogen-bond acceptors (Lipinski definition) is 7. The van der Waals surface area contributed by atoms with Crippen LogP contribution in [0.25, 0.3) is 0 Å². The van der Waals surface area contributed by atoms with Gasteiger partial charge < -0.3 is 21.3 Å². The van der Waals surface area contributed by atoms with E-state index in [1.807, 2.05) is 30.0 Å². The summed E-state index contributed by atoms with van der Waals surface area (Å²) in [6.07, 6.45) is 0. The van der Waals surface area contributed by atoms with Crippen molar-refractivity contribution in [2.24, 2.45) is 0 Å². The molecule has 1 unspecified atom stereocenters. The molecule has 0 radical (unpaired) electrons. The van der Waals surface area contributed by atoms with Crippen LogP contribution in [-0.2, 0) is 4.79 Å². The Morgan fingerprint density at radius 3 is 2.28 bits per heavy atom. The number of para-hydroxylation sites is 1. The zero-order valence-corrected chi connectivity index (χ0v) is 14.9. The first-order valence-corrected chi connectivity index (χ1v) is 9.06. The van der Waals surface area contributed by atoms with E-state index in [1.165, 1.54) is 23.5 Å². The number of nitrogen functional groups attached to an aromatic ring is 2. The summed E-state index contributed by atoms with van der Waals surface area (Å²) in [5, 5.41) is 0.144. The molecule has 1 saturated heterocycles. The second-order valence-corrected chi connectivity index (χ2v) is 7.22. The predicted molar refractivity (Wildman–Crippen MR) is 101 cm³/mol. The monoisotopic (exact) mass is 358 g/mol. The van der Waals surface area contributed by atoms with Crippen LogP contribution in [0.3, 0.4) is 0 Å². The van der Waals surface area contributed by atoms with Gasteiger partial charge in [0.1, 0.15) is 11.6 Å². The minimum absolute atomic E-state index is 0.0855. The van der Waals surface area contributed by atoms with E-state index in [-0.39, 0.29) is 11.2 Å². The Morgan fingerprint density at radius 1 is 1.08 bits per heavy atom. The van der Waals surface area contributed by atoms with Gasteiger partial charge in [-0.1, -0.05) is 30.0 Å². The molecule has 1 aliphatic heterocycles. The van der Waals surface area contributed by atoms with Gasteiger partial charge in [0.15, 0.2) is 5.16 Å². The zero-order valence-electron chi connectivity index (χ0n) is 14.1. The smallest absolute Gasteiger partial charge is 0.236 e. The van der Waals surface area contributed by atoms with Crippen molar-refractivity contribution in [2.45, 2.75) is 17.3 Å². The number of thioether (sulfide) groups is 1. The van der Waals surface area contributed by atoms with E-state index in [2.05, 4.69) is 27.0 Å². The van der Waals surface area contributed by atoms with E-state index >= 15 is 0 Å². The number of carbonyl (C=O) groups is 1. The van der Waals surface area contributed by atoms with Gasteiger partial charge in [-0.15, -0.1) is 0 Å². The molecule has 1 fully saturated rings. The third kappa shape index (κ3) is 4.33. The largest absolute Gasteiger partial charge is 0.383 e. The fourth-order valence-electron chi connectivity index (χ4n) is 2.80. The molecular weight excluding hydrogens is 336 g/mol. The van der Waals surface area contributed by atoms with Gasteiger partial charge >= 0.3 is 0 Å². The van der Waals surface area contributed by atoms with Crippen molar-refractivity contribution < 1.29 is 4.79 Å². The molecule has 8 heteroatoms. The van der Waals surface area contributed by atoms with Crippen molar-refractivity contribution in [3.63, 3.8) is 0 Å². The van der Waals surface area contributed by atoms with Gasteiger partial charge in [0.05, 0.1) is 5.25 Å². The van der Waals surface area contributed by atoms with Gasteiger partial charge in [-0.3, -0.25) is 4.79 Å². The molecular formula is C17H22N6OS. The molecule has 3 rings (SSSR count). The second-order valence-electron chi connectivity index (χ2n) is 5.91. The fraction of sp³-hybridized carbons (Fsp3) is 0.353. The molecule has 0 saturated carbocycles. The lowest BCUT2D eigenvalue weighted by atomic mass is 10.2. The Kier molecular flexibility index (Phi) is 5.28. The van der Waals surface area contributed by atoms with Gasteiger partial charge in [0.25, 0.3) is 0 Å². The third-order valence-corrected chi connectivity index (χ3v) is 5.04. The van der Waals surface area contributed by atoms with Gasteiger partial charge in [-0.25, -0.2) is 9.97 Å². The van der Waals surface area contributed by atoms with Crippen molar-refractivity contribution in [3.8, 4) is 0 Å². The first kappa shape index (κ1) is 17.3. The Hall–Kier alpha value is -2.48. The lowest BCUT2D eigenvalue weighted by Gasteiger charge is -2.37. The average Bonchev–Trinajstić information content (AvgIpc) is 2.61. The molecule has 4 N–H and O–H groups in total. The van der Waals surface area contributed by atoms with E-state index in [4.69, 9.17) is 11.5 Å². The third-order valence-electron chi connectivity index (χ3n) is 4.09. The van der Waals surface area contributed by atoms with Crippen molar-refractivity contribution >= 4 is 35.0 Å². The lowest BCUT2D eigenvalue weighted by Crippen LogP contribution is -2.50. The number of piperazine rings is 1. The molecule has 0 aliphatic carbocycles. The van der Waals surface area contributed by atoms with Crippen LogP contribution in [0.5, 0.6) is 0 Å². The van der Waals surface area contributed by atoms with Gasteiger partial charge in [-0.2, -0.15) is 0 Å². The highest BCUT2D eigenvalue weighted by molar-refractivity contribution is 8.00. The quantitative estimate of drug-likeness (QED) is 0.630. The first-order chi connectivity index (χ1) is 12.0. The summed E-state index contributed by atoms with van der Waals surface area (Å²) < 4.78 is 0. The van der Waals surface area contributed by atoms with Crippen LogP contribution in [-0.4, -0.2) is 52.2 Å². The molecule has 2 aromatic rings.